The summed E-state index contributed by atoms with van der Waals surface area (Å²) in [6.07, 6.45) is 0. The maximum Gasteiger partial charge on any atom is 0.359 e. The van der Waals surface area contributed by atoms with Crippen molar-refractivity contribution in [3.05, 3.63) is 50.5 Å². The van der Waals surface area contributed by atoms with E-state index in [4.69, 9.17) is 40.5 Å². The number of carbonyl (C=O) groups is 2. The van der Waals surface area contributed by atoms with Crippen LogP contribution in [-0.4, -0.2) is 23.5 Å². The van der Waals surface area contributed by atoms with Crippen molar-refractivity contribution in [2.24, 2.45) is 0 Å². The summed E-state index contributed by atoms with van der Waals surface area (Å²) < 4.78 is 44.0. The summed E-state index contributed by atoms with van der Waals surface area (Å²) >= 11 is 17.2. The van der Waals surface area contributed by atoms with Crippen LogP contribution in [0.5, 0.6) is 0 Å². The van der Waals surface area contributed by atoms with E-state index in [-0.39, 0.29) is 20.9 Å². The normalized spacial score (nSPS) is 10.5. The topological polar surface area (TPSA) is 94.3 Å². The van der Waals surface area contributed by atoms with Crippen LogP contribution in [0.25, 0.3) is 0 Å². The van der Waals surface area contributed by atoms with Gasteiger partial charge < -0.3 is 15.8 Å². The van der Waals surface area contributed by atoms with Crippen molar-refractivity contribution < 1.29 is 27.5 Å². The van der Waals surface area contributed by atoms with Crippen LogP contribution < -0.4 is 11.1 Å². The highest BCUT2D eigenvalue weighted by Crippen LogP contribution is 2.34. The molecule has 1 aromatic heterocycles. The summed E-state index contributed by atoms with van der Waals surface area (Å²) in [6, 6.07) is 1.41. The first-order valence-electron chi connectivity index (χ1n) is 6.54. The number of ether oxygens (including phenoxy) is 1. The molecule has 0 aliphatic rings. The summed E-state index contributed by atoms with van der Waals surface area (Å²) in [5.41, 5.74) is 4.19. The molecule has 1 heterocycles. The van der Waals surface area contributed by atoms with E-state index < -0.39 is 47.3 Å². The van der Waals surface area contributed by atoms with Crippen molar-refractivity contribution in [3.8, 4) is 0 Å². The van der Waals surface area contributed by atoms with Crippen molar-refractivity contribution in [3.63, 3.8) is 0 Å². The molecule has 2 aromatic rings. The standard InChI is InChI=1S/C14H7Cl3F3N3O3/c15-7-11(21)8(16)13(17)23-12(7)14(25)26-3-6(24)22-5-2-1-4(18)9(19)10(5)20/h1-2H,3H2,(H2,21,23)(H,22,24). The Morgan fingerprint density at radius 1 is 1.12 bits per heavy atom. The number of aromatic nitrogens is 1. The third kappa shape index (κ3) is 4.12. The van der Waals surface area contributed by atoms with Crippen LogP contribution in [-0.2, 0) is 9.53 Å². The van der Waals surface area contributed by atoms with Gasteiger partial charge in [-0.1, -0.05) is 34.8 Å². The molecule has 1 amide bonds. The Bertz CT molecular complexity index is 912. The second kappa shape index (κ2) is 7.98. The largest absolute Gasteiger partial charge is 0.451 e. The Balaban J connectivity index is 2.06. The molecule has 0 fully saturated rings. The number of pyridine rings is 1. The molecule has 12 heteroatoms. The van der Waals surface area contributed by atoms with Gasteiger partial charge >= 0.3 is 5.97 Å². The summed E-state index contributed by atoms with van der Waals surface area (Å²) in [5.74, 6) is -6.99. The van der Waals surface area contributed by atoms with Crippen LogP contribution in [0, 0.1) is 17.5 Å². The minimum Gasteiger partial charge on any atom is -0.451 e. The van der Waals surface area contributed by atoms with Gasteiger partial charge in [0.2, 0.25) is 0 Å². The van der Waals surface area contributed by atoms with E-state index in [2.05, 4.69) is 9.72 Å². The minimum absolute atomic E-state index is 0.167. The lowest BCUT2D eigenvalue weighted by Gasteiger charge is -2.10. The average Bonchev–Trinajstić information content (AvgIpc) is 2.61. The number of nitrogens with zero attached hydrogens (tertiary/aromatic N) is 1. The minimum atomic E-state index is -1.76. The Morgan fingerprint density at radius 3 is 2.42 bits per heavy atom. The van der Waals surface area contributed by atoms with Crippen LogP contribution in [0.1, 0.15) is 10.5 Å². The van der Waals surface area contributed by atoms with Crippen LogP contribution in [0.4, 0.5) is 24.5 Å². The molecule has 6 nitrogen and oxygen atoms in total. The van der Waals surface area contributed by atoms with Gasteiger partial charge in [-0.3, -0.25) is 4.79 Å². The predicted octanol–water partition coefficient (Wildman–Crippen LogP) is 3.84. The lowest BCUT2D eigenvalue weighted by Crippen LogP contribution is -2.22. The number of nitrogens with one attached hydrogen (secondary N) is 1. The number of nitrogens with two attached hydrogens (primary N) is 1. The van der Waals surface area contributed by atoms with Gasteiger partial charge in [-0.25, -0.2) is 22.9 Å². The Kier molecular flexibility index (Phi) is 6.17. The number of halogens is 6. The smallest absolute Gasteiger partial charge is 0.359 e. The highest BCUT2D eigenvalue weighted by Gasteiger charge is 2.22. The summed E-state index contributed by atoms with van der Waals surface area (Å²) in [7, 11) is 0. The maximum absolute atomic E-state index is 13.5. The van der Waals surface area contributed by atoms with Gasteiger partial charge in [0.05, 0.1) is 16.4 Å². The molecule has 0 spiro atoms. The first kappa shape index (κ1) is 20.1. The molecule has 0 aliphatic heterocycles. The zero-order valence-electron chi connectivity index (χ0n) is 12.4. The lowest BCUT2D eigenvalue weighted by atomic mass is 10.3. The zero-order chi connectivity index (χ0) is 19.6. The Labute approximate surface area is 159 Å². The van der Waals surface area contributed by atoms with Crippen LogP contribution in [0.15, 0.2) is 12.1 Å². The lowest BCUT2D eigenvalue weighted by molar-refractivity contribution is -0.119. The third-order valence-corrected chi connectivity index (χ3v) is 4.04. The molecule has 0 aliphatic carbocycles. The molecule has 2 rings (SSSR count). The molecule has 3 N–H and O–H groups in total. The molecule has 0 atom stereocenters. The fraction of sp³-hybridized carbons (Fsp3) is 0.0714. The number of hydrogen-bond acceptors (Lipinski definition) is 5. The van der Waals surface area contributed by atoms with E-state index in [1.165, 1.54) is 0 Å². The molecule has 0 bridgehead atoms. The SMILES string of the molecule is Nc1c(Cl)c(Cl)nc(C(=O)OCC(=O)Nc2ccc(F)c(F)c2F)c1Cl. The van der Waals surface area contributed by atoms with Crippen molar-refractivity contribution in [2.45, 2.75) is 0 Å². The van der Waals surface area contributed by atoms with E-state index in [1.54, 1.807) is 0 Å². The molecular weight excluding hydrogens is 422 g/mol. The van der Waals surface area contributed by atoms with Crippen molar-refractivity contribution in [1.82, 2.24) is 4.98 Å². The first-order chi connectivity index (χ1) is 12.1. The Hall–Kier alpha value is -2.23. The van der Waals surface area contributed by atoms with Gasteiger partial charge in [0.1, 0.15) is 5.02 Å². The van der Waals surface area contributed by atoms with Gasteiger partial charge in [-0.2, -0.15) is 0 Å². The van der Waals surface area contributed by atoms with Crippen molar-refractivity contribution in [1.29, 1.82) is 0 Å². The number of carbonyl (C=O) groups excluding carboxylic acids is 2. The number of rotatable bonds is 4. The molecule has 1 aromatic carbocycles. The second-order valence-corrected chi connectivity index (χ2v) is 5.75. The number of nitrogen functional groups attached to an aromatic ring is 1. The van der Waals surface area contributed by atoms with Gasteiger partial charge in [0, 0.05) is 0 Å². The van der Waals surface area contributed by atoms with Crippen LogP contribution in [0.3, 0.4) is 0 Å². The Morgan fingerprint density at radius 2 is 1.77 bits per heavy atom. The number of amides is 1. The zero-order valence-corrected chi connectivity index (χ0v) is 14.6. The van der Waals surface area contributed by atoms with E-state index in [0.29, 0.717) is 6.07 Å². The number of esters is 1. The summed E-state index contributed by atoms with van der Waals surface area (Å²) in [4.78, 5) is 27.2. The predicted molar refractivity (Wildman–Crippen MR) is 88.9 cm³/mol. The summed E-state index contributed by atoms with van der Waals surface area (Å²) in [5, 5.41) is 1.09. The number of anilines is 2. The molecule has 0 saturated heterocycles. The monoisotopic (exact) mass is 427 g/mol. The van der Waals surface area contributed by atoms with Gasteiger partial charge in [0.25, 0.3) is 5.91 Å². The molecule has 138 valence electrons. The first-order valence-corrected chi connectivity index (χ1v) is 7.67. The van der Waals surface area contributed by atoms with E-state index >= 15 is 0 Å². The number of benzene rings is 1. The van der Waals surface area contributed by atoms with Gasteiger partial charge in [-0.05, 0) is 12.1 Å². The second-order valence-electron chi connectivity index (χ2n) is 4.64. The molecular formula is C14H7Cl3F3N3O3. The molecule has 26 heavy (non-hydrogen) atoms. The third-order valence-electron chi connectivity index (χ3n) is 2.91. The van der Waals surface area contributed by atoms with E-state index in [0.717, 1.165) is 6.07 Å². The molecule has 0 unspecified atom stereocenters. The van der Waals surface area contributed by atoms with E-state index in [9.17, 15) is 22.8 Å². The van der Waals surface area contributed by atoms with Gasteiger partial charge in [0.15, 0.2) is 34.9 Å². The fourth-order valence-electron chi connectivity index (χ4n) is 1.67. The van der Waals surface area contributed by atoms with Crippen LogP contribution >= 0.6 is 34.8 Å². The average molecular weight is 429 g/mol. The van der Waals surface area contributed by atoms with Crippen molar-refractivity contribution >= 4 is 58.1 Å². The highest BCUT2D eigenvalue weighted by atomic mass is 35.5. The van der Waals surface area contributed by atoms with Crippen molar-refractivity contribution in [2.75, 3.05) is 17.7 Å². The quantitative estimate of drug-likeness (QED) is 0.438. The van der Waals surface area contributed by atoms with E-state index in [1.807, 2.05) is 5.32 Å². The van der Waals surface area contributed by atoms with Gasteiger partial charge in [-0.15, -0.1) is 0 Å². The number of hydrogen-bond donors (Lipinski definition) is 2. The molecule has 0 radical (unpaired) electrons. The highest BCUT2D eigenvalue weighted by molar-refractivity contribution is 6.46. The molecule has 0 saturated carbocycles. The maximum atomic E-state index is 13.5. The summed E-state index contributed by atoms with van der Waals surface area (Å²) in [6.45, 7) is -0.907. The van der Waals surface area contributed by atoms with Crippen LogP contribution in [0.2, 0.25) is 15.2 Å². The fourth-order valence-corrected chi connectivity index (χ4v) is 2.26.